The van der Waals surface area contributed by atoms with Crippen LogP contribution in [0.15, 0.2) is 96.2 Å². The first-order valence-corrected chi connectivity index (χ1v) is 10.6. The number of rotatable bonds is 5. The quantitative estimate of drug-likeness (QED) is 0.448. The minimum absolute atomic E-state index is 0.0599. The van der Waals surface area contributed by atoms with E-state index >= 15 is 0 Å². The van der Waals surface area contributed by atoms with Crippen LogP contribution in [0.5, 0.6) is 0 Å². The van der Waals surface area contributed by atoms with Crippen LogP contribution in [0.1, 0.15) is 10.6 Å². The van der Waals surface area contributed by atoms with Crippen LogP contribution < -0.4 is 5.32 Å². The molecule has 0 atom stereocenters. The van der Waals surface area contributed by atoms with Crippen LogP contribution in [0.3, 0.4) is 0 Å². The van der Waals surface area contributed by atoms with Gasteiger partial charge in [0.15, 0.2) is 5.76 Å². The lowest BCUT2D eigenvalue weighted by Crippen LogP contribution is -2.10. The molecule has 1 amide bonds. The smallest absolute Gasteiger partial charge is 0.293 e. The predicted molar refractivity (Wildman–Crippen MR) is 108 cm³/mol. The molecule has 146 valence electrons. The Bertz CT molecular complexity index is 1260. The number of sulfone groups is 1. The molecule has 0 aliphatic rings. The molecule has 0 aliphatic heterocycles. The molecule has 0 saturated heterocycles. The van der Waals surface area contributed by atoms with E-state index in [1.165, 1.54) is 24.3 Å². The van der Waals surface area contributed by atoms with E-state index in [-0.39, 0.29) is 21.6 Å². The topological polar surface area (TPSA) is 102 Å². The maximum atomic E-state index is 12.6. The van der Waals surface area contributed by atoms with E-state index in [1.807, 2.05) is 30.3 Å². The van der Waals surface area contributed by atoms with Crippen molar-refractivity contribution in [1.82, 2.24) is 5.16 Å². The molecule has 4 aromatic rings. The average Bonchev–Trinajstić information content (AvgIpc) is 3.39. The Morgan fingerprint density at radius 1 is 0.966 bits per heavy atom. The minimum atomic E-state index is -3.88. The van der Waals surface area contributed by atoms with Crippen LogP contribution in [0.4, 0.5) is 5.88 Å². The molecule has 0 unspecified atom stereocenters. The monoisotopic (exact) mass is 472 g/mol. The highest BCUT2D eigenvalue weighted by atomic mass is 79.9. The fourth-order valence-electron chi connectivity index (χ4n) is 2.57. The molecule has 0 fully saturated rings. The fraction of sp³-hybridized carbons (Fsp3) is 0. The van der Waals surface area contributed by atoms with Crippen molar-refractivity contribution in [2.45, 2.75) is 9.99 Å². The summed E-state index contributed by atoms with van der Waals surface area (Å²) in [7, 11) is -3.88. The number of hydrogen-bond acceptors (Lipinski definition) is 6. The van der Waals surface area contributed by atoms with Crippen LogP contribution in [-0.4, -0.2) is 19.5 Å². The largest absolute Gasteiger partial charge is 0.439 e. The molecule has 4 rings (SSSR count). The summed E-state index contributed by atoms with van der Waals surface area (Å²) in [5.41, 5.74) is 1.39. The predicted octanol–water partition coefficient (Wildman–Crippen LogP) is 4.78. The standard InChI is InChI=1S/C20H13BrN2O5S/c21-14-6-8-15(9-7-14)29(25,26)19-11-10-17(27-19)20(24)22-18-12-16(23-28-18)13-4-2-1-3-5-13/h1-12H,(H,22,24). The normalized spacial score (nSPS) is 11.3. The highest BCUT2D eigenvalue weighted by molar-refractivity contribution is 9.10. The van der Waals surface area contributed by atoms with E-state index in [1.54, 1.807) is 18.2 Å². The lowest BCUT2D eigenvalue weighted by Gasteiger charge is -2.01. The van der Waals surface area contributed by atoms with E-state index in [9.17, 15) is 13.2 Å². The zero-order valence-electron chi connectivity index (χ0n) is 14.7. The van der Waals surface area contributed by atoms with Crippen molar-refractivity contribution < 1.29 is 22.2 Å². The Labute approximate surface area is 174 Å². The number of nitrogens with zero attached hydrogens (tertiary/aromatic N) is 1. The molecule has 1 N–H and O–H groups in total. The van der Waals surface area contributed by atoms with Gasteiger partial charge in [0.05, 0.1) is 4.90 Å². The second-order valence-electron chi connectivity index (χ2n) is 5.97. The van der Waals surface area contributed by atoms with Crippen molar-refractivity contribution in [1.29, 1.82) is 0 Å². The molecule has 0 bridgehead atoms. The van der Waals surface area contributed by atoms with Gasteiger partial charge in [-0.25, -0.2) is 8.42 Å². The molecular formula is C20H13BrN2O5S. The Kier molecular flexibility index (Phi) is 5.08. The summed E-state index contributed by atoms with van der Waals surface area (Å²) in [6.45, 7) is 0. The fourth-order valence-corrected chi connectivity index (χ4v) is 4.01. The van der Waals surface area contributed by atoms with Crippen LogP contribution in [0.25, 0.3) is 11.3 Å². The van der Waals surface area contributed by atoms with Crippen molar-refractivity contribution in [3.63, 3.8) is 0 Å². The highest BCUT2D eigenvalue weighted by Crippen LogP contribution is 2.25. The lowest BCUT2D eigenvalue weighted by atomic mass is 10.2. The SMILES string of the molecule is O=C(Nc1cc(-c2ccccc2)no1)c1ccc(S(=O)(=O)c2ccc(Br)cc2)o1. The Balaban J connectivity index is 1.52. The van der Waals surface area contributed by atoms with Crippen molar-refractivity contribution in [2.24, 2.45) is 0 Å². The van der Waals surface area contributed by atoms with Crippen LogP contribution in [0.2, 0.25) is 0 Å². The van der Waals surface area contributed by atoms with Gasteiger partial charge < -0.3 is 8.94 Å². The summed E-state index contributed by atoms with van der Waals surface area (Å²) in [5, 5.41) is 6.08. The van der Waals surface area contributed by atoms with Crippen LogP contribution in [0, 0.1) is 0 Å². The number of amides is 1. The molecule has 2 heterocycles. The summed E-state index contributed by atoms with van der Waals surface area (Å²) < 4.78 is 36.4. The molecule has 9 heteroatoms. The first kappa shape index (κ1) is 19.2. The second-order valence-corrected chi connectivity index (χ2v) is 8.77. The van der Waals surface area contributed by atoms with E-state index in [0.29, 0.717) is 5.69 Å². The first-order chi connectivity index (χ1) is 13.9. The highest BCUT2D eigenvalue weighted by Gasteiger charge is 2.24. The molecule has 7 nitrogen and oxygen atoms in total. The van der Waals surface area contributed by atoms with E-state index in [2.05, 4.69) is 26.4 Å². The second kappa shape index (κ2) is 7.69. The van der Waals surface area contributed by atoms with E-state index < -0.39 is 15.7 Å². The molecule has 29 heavy (non-hydrogen) atoms. The number of carbonyl (C=O) groups excluding carboxylic acids is 1. The lowest BCUT2D eigenvalue weighted by molar-refractivity contribution is 0.0988. The van der Waals surface area contributed by atoms with E-state index in [4.69, 9.17) is 8.94 Å². The first-order valence-electron chi connectivity index (χ1n) is 8.37. The summed E-state index contributed by atoms with van der Waals surface area (Å²) >= 11 is 3.25. The zero-order valence-corrected chi connectivity index (χ0v) is 17.1. The molecule has 0 radical (unpaired) electrons. The maximum Gasteiger partial charge on any atom is 0.293 e. The molecule has 2 aromatic carbocycles. The average molecular weight is 473 g/mol. The number of furan rings is 1. The van der Waals surface area contributed by atoms with Gasteiger partial charge in [-0.2, -0.15) is 0 Å². The summed E-state index contributed by atoms with van der Waals surface area (Å²) in [4.78, 5) is 12.4. The third kappa shape index (κ3) is 4.01. The number of benzene rings is 2. The number of nitrogens with one attached hydrogen (secondary N) is 1. The van der Waals surface area contributed by atoms with Crippen molar-refractivity contribution in [2.75, 3.05) is 5.32 Å². The molecular weight excluding hydrogens is 460 g/mol. The molecule has 0 saturated carbocycles. The molecule has 0 aliphatic carbocycles. The Morgan fingerprint density at radius 2 is 1.69 bits per heavy atom. The third-order valence-corrected chi connectivity index (χ3v) is 6.18. The van der Waals surface area contributed by atoms with Gasteiger partial charge in [0.25, 0.3) is 5.91 Å². The van der Waals surface area contributed by atoms with Gasteiger partial charge in [0.2, 0.25) is 20.8 Å². The number of anilines is 1. The Hall–Kier alpha value is -3.17. The van der Waals surface area contributed by atoms with Crippen LogP contribution >= 0.6 is 15.9 Å². The van der Waals surface area contributed by atoms with Gasteiger partial charge in [0.1, 0.15) is 5.69 Å². The van der Waals surface area contributed by atoms with Crippen molar-refractivity contribution >= 4 is 37.6 Å². The summed E-state index contributed by atoms with van der Waals surface area (Å²) in [5.74, 6) is -0.709. The minimum Gasteiger partial charge on any atom is -0.439 e. The van der Waals surface area contributed by atoms with Gasteiger partial charge in [-0.05, 0) is 36.4 Å². The van der Waals surface area contributed by atoms with Gasteiger partial charge in [0, 0.05) is 16.1 Å². The van der Waals surface area contributed by atoms with E-state index in [0.717, 1.165) is 10.0 Å². The van der Waals surface area contributed by atoms with Crippen molar-refractivity contribution in [3.8, 4) is 11.3 Å². The molecule has 2 aromatic heterocycles. The number of carbonyl (C=O) groups is 1. The van der Waals surface area contributed by atoms with Crippen molar-refractivity contribution in [3.05, 3.63) is 83.0 Å². The number of halogens is 1. The number of aromatic nitrogens is 1. The van der Waals surface area contributed by atoms with Gasteiger partial charge in [-0.15, -0.1) is 0 Å². The number of hydrogen-bond donors (Lipinski definition) is 1. The molecule has 0 spiro atoms. The van der Waals surface area contributed by atoms with Gasteiger partial charge in [-0.1, -0.05) is 51.4 Å². The summed E-state index contributed by atoms with van der Waals surface area (Å²) in [6, 6.07) is 19.5. The Morgan fingerprint density at radius 3 is 2.41 bits per heavy atom. The zero-order chi connectivity index (χ0) is 20.4. The van der Waals surface area contributed by atoms with Crippen LogP contribution in [-0.2, 0) is 9.84 Å². The maximum absolute atomic E-state index is 12.6. The summed E-state index contributed by atoms with van der Waals surface area (Å²) in [6.07, 6.45) is 0. The van der Waals surface area contributed by atoms with Gasteiger partial charge in [-0.3, -0.25) is 10.1 Å². The van der Waals surface area contributed by atoms with Gasteiger partial charge >= 0.3 is 0 Å². The third-order valence-electron chi connectivity index (χ3n) is 4.01.